The molecule has 0 aromatic rings. The van der Waals surface area contributed by atoms with Gasteiger partial charge in [-0.05, 0) is 13.1 Å². The molecule has 0 amide bonds. The SMILES string of the molecule is C=O.CCNCC. The fourth-order valence-electron chi connectivity index (χ4n) is 0.250. The van der Waals surface area contributed by atoms with E-state index in [0.29, 0.717) is 0 Å². The van der Waals surface area contributed by atoms with Crippen LogP contribution in [0.25, 0.3) is 0 Å². The summed E-state index contributed by atoms with van der Waals surface area (Å²) in [6, 6.07) is 0. The molecular weight excluding hydrogens is 90.1 g/mol. The van der Waals surface area contributed by atoms with E-state index in [1.54, 1.807) is 0 Å². The van der Waals surface area contributed by atoms with Crippen LogP contribution in [0.4, 0.5) is 0 Å². The minimum Gasteiger partial charge on any atom is -0.317 e. The van der Waals surface area contributed by atoms with Gasteiger partial charge >= 0.3 is 0 Å². The summed E-state index contributed by atoms with van der Waals surface area (Å²) in [4.78, 5) is 8.00. The van der Waals surface area contributed by atoms with Gasteiger partial charge in [-0.1, -0.05) is 13.8 Å². The van der Waals surface area contributed by atoms with E-state index >= 15 is 0 Å². The summed E-state index contributed by atoms with van der Waals surface area (Å²) in [5.41, 5.74) is 0. The number of hydrogen-bond acceptors (Lipinski definition) is 2. The van der Waals surface area contributed by atoms with Crippen molar-refractivity contribution in [2.45, 2.75) is 13.8 Å². The average Bonchev–Trinajstić information content (AvgIpc) is 1.75. The molecule has 7 heavy (non-hydrogen) atoms. The first kappa shape index (κ1) is 9.80. The molecule has 0 rings (SSSR count). The molecule has 0 aliphatic carbocycles. The molecule has 1 N–H and O–H groups in total. The smallest absolute Gasteiger partial charge is 0.106 e. The van der Waals surface area contributed by atoms with Crippen LogP contribution in [0.2, 0.25) is 0 Å². The zero-order chi connectivity index (χ0) is 6.12. The van der Waals surface area contributed by atoms with Gasteiger partial charge in [0, 0.05) is 0 Å². The Morgan fingerprint density at radius 2 is 1.57 bits per heavy atom. The van der Waals surface area contributed by atoms with E-state index in [-0.39, 0.29) is 0 Å². The van der Waals surface area contributed by atoms with Crippen LogP contribution in [-0.2, 0) is 4.79 Å². The van der Waals surface area contributed by atoms with E-state index in [1.807, 2.05) is 6.79 Å². The monoisotopic (exact) mass is 103 g/mol. The first-order valence-electron chi connectivity index (χ1n) is 2.41. The van der Waals surface area contributed by atoms with Gasteiger partial charge in [0.15, 0.2) is 0 Å². The normalized spacial score (nSPS) is 6.57. The minimum absolute atomic E-state index is 1.09. The molecule has 2 nitrogen and oxygen atoms in total. The zero-order valence-corrected chi connectivity index (χ0v) is 5.03. The minimum atomic E-state index is 1.09. The molecule has 0 radical (unpaired) electrons. The quantitative estimate of drug-likeness (QED) is 0.549. The van der Waals surface area contributed by atoms with Crippen LogP contribution in [0.15, 0.2) is 0 Å². The fraction of sp³-hybridized carbons (Fsp3) is 0.800. The van der Waals surface area contributed by atoms with E-state index in [2.05, 4.69) is 19.2 Å². The molecule has 0 heterocycles. The maximum Gasteiger partial charge on any atom is 0.106 e. The number of carbonyl (C=O) groups is 1. The van der Waals surface area contributed by atoms with Crippen molar-refractivity contribution in [1.82, 2.24) is 5.32 Å². The number of rotatable bonds is 2. The predicted molar refractivity (Wildman–Crippen MR) is 31.3 cm³/mol. The second kappa shape index (κ2) is 17.4. The fourth-order valence-corrected chi connectivity index (χ4v) is 0.250. The van der Waals surface area contributed by atoms with Gasteiger partial charge in [0.1, 0.15) is 6.79 Å². The maximum atomic E-state index is 8.00. The van der Waals surface area contributed by atoms with Crippen molar-refractivity contribution < 1.29 is 4.79 Å². The summed E-state index contributed by atoms with van der Waals surface area (Å²) in [6.45, 7) is 8.39. The average molecular weight is 103 g/mol. The van der Waals surface area contributed by atoms with Crippen molar-refractivity contribution >= 4 is 6.79 Å². The predicted octanol–water partition coefficient (Wildman–Crippen LogP) is 0.431. The topological polar surface area (TPSA) is 29.1 Å². The lowest BCUT2D eigenvalue weighted by atomic mass is 10.7. The highest BCUT2D eigenvalue weighted by Gasteiger charge is 1.62. The lowest BCUT2D eigenvalue weighted by molar-refractivity contribution is -0.0979. The van der Waals surface area contributed by atoms with Crippen LogP contribution in [0.1, 0.15) is 13.8 Å². The first-order chi connectivity index (χ1) is 3.41. The summed E-state index contributed by atoms with van der Waals surface area (Å²) in [6.07, 6.45) is 0. The number of hydrogen-bond donors (Lipinski definition) is 1. The Balaban J connectivity index is 0. The van der Waals surface area contributed by atoms with Gasteiger partial charge in [0.05, 0.1) is 0 Å². The molecule has 0 bridgehead atoms. The molecule has 2 heteroatoms. The largest absolute Gasteiger partial charge is 0.317 e. The first-order valence-corrected chi connectivity index (χ1v) is 2.41. The van der Waals surface area contributed by atoms with Crippen LogP contribution in [-0.4, -0.2) is 19.9 Å². The molecule has 0 spiro atoms. The molecule has 0 aromatic carbocycles. The third-order valence-electron chi connectivity index (χ3n) is 0.500. The highest BCUT2D eigenvalue weighted by atomic mass is 16.1. The van der Waals surface area contributed by atoms with E-state index in [0.717, 1.165) is 13.1 Å². The molecule has 0 aromatic heterocycles. The standard InChI is InChI=1S/C4H11N.CH2O/c1-3-5-4-2;1-2/h5H,3-4H2,1-2H3;1H2. The lowest BCUT2D eigenvalue weighted by Gasteiger charge is -1.86. The van der Waals surface area contributed by atoms with Crippen molar-refractivity contribution in [1.29, 1.82) is 0 Å². The summed E-state index contributed by atoms with van der Waals surface area (Å²) < 4.78 is 0. The maximum absolute atomic E-state index is 8.00. The van der Waals surface area contributed by atoms with Crippen molar-refractivity contribution in [3.05, 3.63) is 0 Å². The van der Waals surface area contributed by atoms with E-state index in [4.69, 9.17) is 4.79 Å². The van der Waals surface area contributed by atoms with Crippen LogP contribution in [0, 0.1) is 0 Å². The van der Waals surface area contributed by atoms with Crippen LogP contribution in [0.5, 0.6) is 0 Å². The Labute approximate surface area is 44.9 Å². The van der Waals surface area contributed by atoms with Crippen LogP contribution >= 0.6 is 0 Å². The van der Waals surface area contributed by atoms with Crippen molar-refractivity contribution in [3.63, 3.8) is 0 Å². The summed E-state index contributed by atoms with van der Waals surface area (Å²) >= 11 is 0. The lowest BCUT2D eigenvalue weighted by Crippen LogP contribution is -2.09. The Hall–Kier alpha value is -0.370. The van der Waals surface area contributed by atoms with E-state index in [9.17, 15) is 0 Å². The van der Waals surface area contributed by atoms with Gasteiger partial charge in [-0.2, -0.15) is 0 Å². The molecular formula is C5H13NO. The van der Waals surface area contributed by atoms with Gasteiger partial charge in [0.25, 0.3) is 0 Å². The van der Waals surface area contributed by atoms with Crippen LogP contribution in [0.3, 0.4) is 0 Å². The van der Waals surface area contributed by atoms with Crippen molar-refractivity contribution in [2.24, 2.45) is 0 Å². The van der Waals surface area contributed by atoms with E-state index < -0.39 is 0 Å². The zero-order valence-electron chi connectivity index (χ0n) is 5.03. The molecule has 0 aliphatic rings. The molecule has 0 aliphatic heterocycles. The van der Waals surface area contributed by atoms with Crippen molar-refractivity contribution in [3.8, 4) is 0 Å². The van der Waals surface area contributed by atoms with Gasteiger partial charge in [-0.15, -0.1) is 0 Å². The number of carbonyl (C=O) groups excluding carboxylic acids is 1. The Kier molecular flexibility index (Phi) is 24.4. The van der Waals surface area contributed by atoms with Crippen molar-refractivity contribution in [2.75, 3.05) is 13.1 Å². The molecule has 44 valence electrons. The van der Waals surface area contributed by atoms with Gasteiger partial charge < -0.3 is 10.1 Å². The summed E-state index contributed by atoms with van der Waals surface area (Å²) in [5, 5.41) is 3.11. The molecule has 0 unspecified atom stereocenters. The summed E-state index contributed by atoms with van der Waals surface area (Å²) in [5.74, 6) is 0. The third kappa shape index (κ3) is 27.9. The summed E-state index contributed by atoms with van der Waals surface area (Å²) in [7, 11) is 0. The van der Waals surface area contributed by atoms with E-state index in [1.165, 1.54) is 0 Å². The molecule has 0 atom stereocenters. The second-order valence-electron chi connectivity index (χ2n) is 0.957. The number of nitrogens with one attached hydrogen (secondary N) is 1. The van der Waals surface area contributed by atoms with Gasteiger partial charge in [-0.3, -0.25) is 0 Å². The highest BCUT2D eigenvalue weighted by Crippen LogP contribution is 1.47. The second-order valence-corrected chi connectivity index (χ2v) is 0.957. The molecule has 0 saturated carbocycles. The molecule has 0 saturated heterocycles. The highest BCUT2D eigenvalue weighted by molar-refractivity contribution is 5.10. The van der Waals surface area contributed by atoms with Gasteiger partial charge in [0.2, 0.25) is 0 Å². The third-order valence-corrected chi connectivity index (χ3v) is 0.500. The van der Waals surface area contributed by atoms with Crippen LogP contribution < -0.4 is 5.32 Å². The molecule has 0 fully saturated rings. The van der Waals surface area contributed by atoms with Gasteiger partial charge in [-0.25, -0.2) is 0 Å². The Morgan fingerprint density at radius 1 is 1.29 bits per heavy atom. The Morgan fingerprint density at radius 3 is 1.57 bits per heavy atom. The Bertz CT molecular complexity index is 22.0.